The molecule has 0 fully saturated rings. The average Bonchev–Trinajstić information content (AvgIpc) is 3.04. The van der Waals surface area contributed by atoms with Crippen LogP contribution in [0.5, 0.6) is 11.5 Å². The molecule has 2 heterocycles. The number of phenolic OH excluding ortho intramolecular Hbond substituents is 1. The molecular weight excluding hydrogens is 330 g/mol. The number of pyridine rings is 1. The largest absolute Gasteiger partial charge is 0.504 e. The second kappa shape index (κ2) is 6.05. The van der Waals surface area contributed by atoms with Crippen LogP contribution >= 0.6 is 0 Å². The second-order valence-corrected chi connectivity index (χ2v) is 6.11. The van der Waals surface area contributed by atoms with E-state index in [0.717, 1.165) is 16.6 Å². The Kier molecular flexibility index (Phi) is 3.70. The Morgan fingerprint density at radius 1 is 1.31 bits per heavy atom. The van der Waals surface area contributed by atoms with Crippen molar-refractivity contribution in [1.82, 2.24) is 9.97 Å². The first-order chi connectivity index (χ1) is 12.6. The van der Waals surface area contributed by atoms with E-state index in [1.54, 1.807) is 30.3 Å². The highest BCUT2D eigenvalue weighted by Gasteiger charge is 2.26. The summed E-state index contributed by atoms with van der Waals surface area (Å²) < 4.78 is 5.11. The number of aromatic hydroxyl groups is 1. The monoisotopic (exact) mass is 345 g/mol. The van der Waals surface area contributed by atoms with Gasteiger partial charge in [-0.05, 0) is 48.7 Å². The molecule has 1 aromatic carbocycles. The van der Waals surface area contributed by atoms with Gasteiger partial charge in [0.05, 0.1) is 23.8 Å². The van der Waals surface area contributed by atoms with Crippen molar-refractivity contribution < 1.29 is 14.6 Å². The van der Waals surface area contributed by atoms with Crippen LogP contribution in [0, 0.1) is 11.3 Å². The van der Waals surface area contributed by atoms with Gasteiger partial charge in [-0.2, -0.15) is 5.26 Å². The Balaban J connectivity index is 1.75. The SMILES string of the molecule is COc1cc(/C=C2\CCc3c([nH]c4ccc(C#N)nc34)C2=O)ccc1O. The number of carbonyl (C=O) groups excluding carboxylic acids is 1. The van der Waals surface area contributed by atoms with Crippen LogP contribution in [0.25, 0.3) is 17.1 Å². The lowest BCUT2D eigenvalue weighted by Crippen LogP contribution is -2.13. The molecule has 0 saturated heterocycles. The van der Waals surface area contributed by atoms with Crippen LogP contribution in [-0.2, 0) is 6.42 Å². The Morgan fingerprint density at radius 3 is 2.92 bits per heavy atom. The number of carbonyl (C=O) groups is 1. The van der Waals surface area contributed by atoms with Crippen LogP contribution in [0.3, 0.4) is 0 Å². The summed E-state index contributed by atoms with van der Waals surface area (Å²) in [6.07, 6.45) is 3.07. The van der Waals surface area contributed by atoms with E-state index in [1.807, 2.05) is 12.1 Å². The summed E-state index contributed by atoms with van der Waals surface area (Å²) in [5, 5.41) is 18.7. The number of phenols is 1. The van der Waals surface area contributed by atoms with Crippen LogP contribution in [0.2, 0.25) is 0 Å². The summed E-state index contributed by atoms with van der Waals surface area (Å²) in [7, 11) is 1.48. The number of nitrogens with one attached hydrogen (secondary N) is 1. The molecule has 1 aliphatic rings. The molecule has 2 aromatic heterocycles. The van der Waals surface area contributed by atoms with E-state index in [2.05, 4.69) is 9.97 Å². The average molecular weight is 345 g/mol. The number of H-pyrrole nitrogens is 1. The maximum absolute atomic E-state index is 12.9. The number of hydrogen-bond acceptors (Lipinski definition) is 5. The highest BCUT2D eigenvalue weighted by molar-refractivity contribution is 6.14. The molecule has 1 aliphatic carbocycles. The third-order valence-corrected chi connectivity index (χ3v) is 4.56. The van der Waals surface area contributed by atoms with Crippen molar-refractivity contribution in [3.63, 3.8) is 0 Å². The number of hydrogen-bond donors (Lipinski definition) is 2. The topological polar surface area (TPSA) is 99.0 Å². The molecule has 26 heavy (non-hydrogen) atoms. The minimum atomic E-state index is -0.0743. The lowest BCUT2D eigenvalue weighted by Gasteiger charge is -2.14. The summed E-state index contributed by atoms with van der Waals surface area (Å²) in [6, 6.07) is 10.4. The Bertz CT molecular complexity index is 1120. The number of ether oxygens (including phenoxy) is 1. The number of fused-ring (bicyclic) bond motifs is 3. The molecule has 0 bridgehead atoms. The fourth-order valence-corrected chi connectivity index (χ4v) is 3.27. The van der Waals surface area contributed by atoms with Crippen molar-refractivity contribution >= 4 is 22.9 Å². The number of benzene rings is 1. The molecule has 6 nitrogen and oxygen atoms in total. The molecule has 0 atom stereocenters. The number of aromatic nitrogens is 2. The summed E-state index contributed by atoms with van der Waals surface area (Å²) >= 11 is 0. The lowest BCUT2D eigenvalue weighted by molar-refractivity contribution is 0.102. The first kappa shape index (κ1) is 15.9. The number of rotatable bonds is 2. The van der Waals surface area contributed by atoms with E-state index < -0.39 is 0 Å². The van der Waals surface area contributed by atoms with E-state index >= 15 is 0 Å². The molecular formula is C20H15N3O3. The Morgan fingerprint density at radius 2 is 2.15 bits per heavy atom. The molecule has 0 amide bonds. The van der Waals surface area contributed by atoms with Gasteiger partial charge in [0.25, 0.3) is 0 Å². The van der Waals surface area contributed by atoms with Gasteiger partial charge in [0.15, 0.2) is 11.5 Å². The van der Waals surface area contributed by atoms with Crippen LogP contribution < -0.4 is 4.74 Å². The molecule has 0 saturated carbocycles. The molecule has 4 rings (SSSR count). The van der Waals surface area contributed by atoms with Crippen molar-refractivity contribution in [2.45, 2.75) is 12.8 Å². The lowest BCUT2D eigenvalue weighted by atomic mass is 9.90. The highest BCUT2D eigenvalue weighted by atomic mass is 16.5. The third-order valence-electron chi connectivity index (χ3n) is 4.56. The standard InChI is InChI=1S/C20H15N3O3/c1-26-17-9-11(2-7-16(17)24)8-12-3-5-14-18-15(23-19(14)20(12)25)6-4-13(10-21)22-18/h2,4,6-9,23-24H,3,5H2,1H3/b12-8+. The van der Waals surface area contributed by atoms with Gasteiger partial charge >= 0.3 is 0 Å². The third kappa shape index (κ3) is 2.50. The number of Topliss-reactive ketones (excluding diaryl/α,β-unsaturated/α-hetero) is 1. The van der Waals surface area contributed by atoms with Crippen molar-refractivity contribution in [2.75, 3.05) is 7.11 Å². The molecule has 128 valence electrons. The first-order valence-electron chi connectivity index (χ1n) is 8.14. The number of ketones is 1. The summed E-state index contributed by atoms with van der Waals surface area (Å²) in [5.41, 5.74) is 4.65. The fourth-order valence-electron chi connectivity index (χ4n) is 3.27. The minimum Gasteiger partial charge on any atom is -0.504 e. The molecule has 3 aromatic rings. The van der Waals surface area contributed by atoms with Gasteiger partial charge in [-0.3, -0.25) is 4.79 Å². The van der Waals surface area contributed by atoms with Crippen LogP contribution in [-0.4, -0.2) is 28.0 Å². The summed E-state index contributed by atoms with van der Waals surface area (Å²) in [6.45, 7) is 0. The fraction of sp³-hybridized carbons (Fsp3) is 0.150. The van der Waals surface area contributed by atoms with Crippen LogP contribution in [0.4, 0.5) is 0 Å². The molecule has 0 radical (unpaired) electrons. The van der Waals surface area contributed by atoms with E-state index in [1.165, 1.54) is 7.11 Å². The van der Waals surface area contributed by atoms with Gasteiger partial charge in [0, 0.05) is 11.1 Å². The number of aromatic amines is 1. The van der Waals surface area contributed by atoms with E-state index in [9.17, 15) is 9.90 Å². The number of methoxy groups -OCH3 is 1. The molecule has 0 spiro atoms. The molecule has 2 N–H and O–H groups in total. The minimum absolute atomic E-state index is 0.0573. The normalized spacial score (nSPS) is 15.1. The Hall–Kier alpha value is -3.59. The zero-order valence-corrected chi connectivity index (χ0v) is 14.0. The number of nitrogens with zero attached hydrogens (tertiary/aromatic N) is 2. The van der Waals surface area contributed by atoms with Gasteiger partial charge in [-0.25, -0.2) is 4.98 Å². The Labute approximate surface area is 149 Å². The zero-order chi connectivity index (χ0) is 18.3. The number of aryl methyl sites for hydroxylation is 1. The molecule has 0 aliphatic heterocycles. The van der Waals surface area contributed by atoms with E-state index in [4.69, 9.17) is 10.00 Å². The van der Waals surface area contributed by atoms with Crippen molar-refractivity contribution in [3.05, 3.63) is 58.4 Å². The number of nitriles is 1. The maximum Gasteiger partial charge on any atom is 0.205 e. The van der Waals surface area contributed by atoms with Crippen molar-refractivity contribution in [3.8, 4) is 17.6 Å². The predicted octanol–water partition coefficient (Wildman–Crippen LogP) is 3.36. The molecule has 6 heteroatoms. The highest BCUT2D eigenvalue weighted by Crippen LogP contribution is 2.33. The van der Waals surface area contributed by atoms with Gasteiger partial charge < -0.3 is 14.8 Å². The van der Waals surface area contributed by atoms with Gasteiger partial charge in [-0.1, -0.05) is 6.07 Å². The van der Waals surface area contributed by atoms with E-state index in [0.29, 0.717) is 41.1 Å². The first-order valence-corrected chi connectivity index (χ1v) is 8.14. The van der Waals surface area contributed by atoms with Crippen LogP contribution in [0.15, 0.2) is 35.9 Å². The maximum atomic E-state index is 12.9. The summed E-state index contributed by atoms with van der Waals surface area (Å²) in [5.74, 6) is 0.346. The van der Waals surface area contributed by atoms with Gasteiger partial charge in [0.1, 0.15) is 11.8 Å². The quantitative estimate of drug-likeness (QED) is 0.694. The molecule has 0 unspecified atom stereocenters. The van der Waals surface area contributed by atoms with Crippen molar-refractivity contribution in [2.24, 2.45) is 0 Å². The van der Waals surface area contributed by atoms with Gasteiger partial charge in [0.2, 0.25) is 5.78 Å². The smallest absolute Gasteiger partial charge is 0.205 e. The summed E-state index contributed by atoms with van der Waals surface area (Å²) in [4.78, 5) is 20.4. The number of allylic oxidation sites excluding steroid dienone is 1. The van der Waals surface area contributed by atoms with Crippen LogP contribution in [0.1, 0.15) is 33.7 Å². The second-order valence-electron chi connectivity index (χ2n) is 6.11. The predicted molar refractivity (Wildman–Crippen MR) is 96.1 cm³/mol. The zero-order valence-electron chi connectivity index (χ0n) is 14.0. The van der Waals surface area contributed by atoms with E-state index in [-0.39, 0.29) is 11.5 Å². The van der Waals surface area contributed by atoms with Crippen molar-refractivity contribution in [1.29, 1.82) is 5.26 Å². The van der Waals surface area contributed by atoms with Gasteiger partial charge in [-0.15, -0.1) is 0 Å².